The van der Waals surface area contributed by atoms with Crippen LogP contribution in [0, 0.1) is 16.0 Å². The van der Waals surface area contributed by atoms with Crippen LogP contribution in [0.5, 0.6) is 0 Å². The maximum Gasteiger partial charge on any atom is 0.340 e. The zero-order valence-electron chi connectivity index (χ0n) is 14.2. The van der Waals surface area contributed by atoms with Crippen molar-refractivity contribution < 1.29 is 19.2 Å². The van der Waals surface area contributed by atoms with Crippen LogP contribution in [0.2, 0.25) is 5.02 Å². The number of carbonyl (C=O) groups excluding carboxylic acids is 2. The molecule has 0 bridgehead atoms. The van der Waals surface area contributed by atoms with Crippen LogP contribution < -0.4 is 5.32 Å². The number of benzene rings is 2. The number of hydrogen-bond donors (Lipinski definition) is 1. The molecule has 1 amide bonds. The number of amides is 1. The Morgan fingerprint density at radius 3 is 2.50 bits per heavy atom. The van der Waals surface area contributed by atoms with E-state index in [1.165, 1.54) is 18.2 Å². The summed E-state index contributed by atoms with van der Waals surface area (Å²) in [4.78, 5) is 34.8. The number of nitrogens with zero attached hydrogens (tertiary/aromatic N) is 1. The van der Waals surface area contributed by atoms with Crippen molar-refractivity contribution in [1.29, 1.82) is 0 Å². The summed E-state index contributed by atoms with van der Waals surface area (Å²) in [7, 11) is 0. The van der Waals surface area contributed by atoms with Crippen molar-refractivity contribution in [3.05, 3.63) is 68.7 Å². The van der Waals surface area contributed by atoms with Gasteiger partial charge in [0.25, 0.3) is 11.6 Å². The van der Waals surface area contributed by atoms with E-state index in [1.807, 2.05) is 13.8 Å². The molecule has 0 radical (unpaired) electrons. The minimum absolute atomic E-state index is 0.0580. The third kappa shape index (κ3) is 4.80. The van der Waals surface area contributed by atoms with Gasteiger partial charge in [0.1, 0.15) is 0 Å². The first kappa shape index (κ1) is 19.4. The number of rotatable bonds is 6. The molecule has 2 aromatic rings. The number of esters is 1. The molecule has 0 saturated heterocycles. The summed E-state index contributed by atoms with van der Waals surface area (Å²) in [5.41, 5.74) is 0.312. The molecule has 0 aliphatic carbocycles. The Bertz CT molecular complexity index is 851. The van der Waals surface area contributed by atoms with Gasteiger partial charge in [0.2, 0.25) is 0 Å². The number of anilines is 1. The number of ether oxygens (including phenoxy) is 1. The molecule has 0 spiro atoms. The lowest BCUT2D eigenvalue weighted by molar-refractivity contribution is -0.384. The van der Waals surface area contributed by atoms with Gasteiger partial charge in [-0.15, -0.1) is 0 Å². The molecule has 8 heteroatoms. The molecule has 0 aliphatic rings. The summed E-state index contributed by atoms with van der Waals surface area (Å²) in [6, 6.07) is 9.95. The second kappa shape index (κ2) is 8.44. The highest BCUT2D eigenvalue weighted by Gasteiger charge is 2.18. The number of nitro groups is 1. The number of nitro benzene ring substituents is 1. The molecule has 26 heavy (non-hydrogen) atoms. The average Bonchev–Trinajstić information content (AvgIpc) is 2.59. The summed E-state index contributed by atoms with van der Waals surface area (Å²) < 4.78 is 5.19. The number of nitrogens with one attached hydrogen (secondary N) is 1. The van der Waals surface area contributed by atoms with Crippen molar-refractivity contribution >= 4 is 34.9 Å². The second-order valence-corrected chi connectivity index (χ2v) is 6.32. The Kier molecular flexibility index (Phi) is 6.30. The molecule has 136 valence electrons. The molecule has 0 aromatic heterocycles. The Labute approximate surface area is 155 Å². The minimum atomic E-state index is -0.604. The van der Waals surface area contributed by atoms with Crippen LogP contribution in [0.1, 0.15) is 34.6 Å². The molecule has 0 unspecified atom stereocenters. The van der Waals surface area contributed by atoms with E-state index in [2.05, 4.69) is 5.32 Å². The van der Waals surface area contributed by atoms with Crippen LogP contribution >= 0.6 is 11.6 Å². The average molecular weight is 377 g/mol. The normalized spacial score (nSPS) is 10.5. The first-order chi connectivity index (χ1) is 12.3. The van der Waals surface area contributed by atoms with E-state index < -0.39 is 16.8 Å². The fourth-order valence-electron chi connectivity index (χ4n) is 2.08. The number of para-hydroxylation sites is 1. The topological polar surface area (TPSA) is 98.5 Å². The molecule has 0 atom stereocenters. The molecule has 7 nitrogen and oxygen atoms in total. The Balaban J connectivity index is 2.22. The van der Waals surface area contributed by atoms with Gasteiger partial charge in [-0.25, -0.2) is 4.79 Å². The van der Waals surface area contributed by atoms with Gasteiger partial charge in [0.05, 0.1) is 33.4 Å². The lowest BCUT2D eigenvalue weighted by atomic mass is 10.1. The lowest BCUT2D eigenvalue weighted by Gasteiger charge is -2.12. The fraction of sp³-hybridized carbons (Fsp3) is 0.222. The zero-order chi connectivity index (χ0) is 19.3. The summed E-state index contributed by atoms with van der Waals surface area (Å²) >= 11 is 5.96. The summed E-state index contributed by atoms with van der Waals surface area (Å²) in [5.74, 6) is -0.960. The minimum Gasteiger partial charge on any atom is -0.462 e. The van der Waals surface area contributed by atoms with Crippen LogP contribution in [0.3, 0.4) is 0 Å². The number of halogens is 1. The number of carbonyl (C=O) groups is 2. The van der Waals surface area contributed by atoms with Crippen LogP contribution in [0.25, 0.3) is 0 Å². The van der Waals surface area contributed by atoms with E-state index in [9.17, 15) is 19.7 Å². The Hall–Kier alpha value is -2.93. The van der Waals surface area contributed by atoms with Gasteiger partial charge in [-0.3, -0.25) is 14.9 Å². The first-order valence-corrected chi connectivity index (χ1v) is 8.19. The largest absolute Gasteiger partial charge is 0.462 e. The predicted octanol–water partition coefficient (Wildman–Crippen LogP) is 4.31. The maximum atomic E-state index is 12.4. The smallest absolute Gasteiger partial charge is 0.340 e. The molecular formula is C18H17ClN2O5. The van der Waals surface area contributed by atoms with Crippen LogP contribution in [0.15, 0.2) is 42.5 Å². The highest BCUT2D eigenvalue weighted by Crippen LogP contribution is 2.24. The molecule has 0 heterocycles. The van der Waals surface area contributed by atoms with Crippen molar-refractivity contribution in [3.63, 3.8) is 0 Å². The van der Waals surface area contributed by atoms with E-state index >= 15 is 0 Å². The van der Waals surface area contributed by atoms with Gasteiger partial charge in [0.15, 0.2) is 0 Å². The van der Waals surface area contributed by atoms with E-state index in [0.29, 0.717) is 0 Å². The molecule has 0 aliphatic heterocycles. The highest BCUT2D eigenvalue weighted by atomic mass is 35.5. The van der Waals surface area contributed by atoms with Gasteiger partial charge in [-0.05, 0) is 24.1 Å². The zero-order valence-corrected chi connectivity index (χ0v) is 14.9. The van der Waals surface area contributed by atoms with E-state index in [4.69, 9.17) is 16.3 Å². The summed E-state index contributed by atoms with van der Waals surface area (Å²) in [6.45, 7) is 4.09. The van der Waals surface area contributed by atoms with Crippen molar-refractivity contribution in [2.45, 2.75) is 13.8 Å². The fourth-order valence-corrected chi connectivity index (χ4v) is 2.34. The summed E-state index contributed by atoms with van der Waals surface area (Å²) in [6.07, 6.45) is 0. The number of non-ortho nitro benzene ring substituents is 1. The van der Waals surface area contributed by atoms with Crippen LogP contribution in [-0.4, -0.2) is 23.4 Å². The van der Waals surface area contributed by atoms with Crippen molar-refractivity contribution in [3.8, 4) is 0 Å². The third-order valence-corrected chi connectivity index (χ3v) is 3.66. The molecule has 2 aromatic carbocycles. The van der Waals surface area contributed by atoms with E-state index in [0.717, 1.165) is 6.07 Å². The predicted molar refractivity (Wildman–Crippen MR) is 97.6 cm³/mol. The van der Waals surface area contributed by atoms with Crippen molar-refractivity contribution in [2.75, 3.05) is 11.9 Å². The standard InChI is InChI=1S/C18H17ClN2O5/c1-11(2)10-26-18(23)14-5-3-4-6-16(14)20-17(22)13-8-7-12(21(24)25)9-15(13)19/h3-9,11H,10H2,1-2H3,(H,20,22). The second-order valence-electron chi connectivity index (χ2n) is 5.91. The van der Waals surface area contributed by atoms with Gasteiger partial charge in [-0.2, -0.15) is 0 Å². The molecule has 0 saturated carbocycles. The maximum absolute atomic E-state index is 12.4. The monoisotopic (exact) mass is 376 g/mol. The van der Waals surface area contributed by atoms with E-state index in [1.54, 1.807) is 18.2 Å². The SMILES string of the molecule is CC(C)COC(=O)c1ccccc1NC(=O)c1ccc([N+](=O)[O-])cc1Cl. The van der Waals surface area contributed by atoms with Gasteiger partial charge in [-0.1, -0.05) is 37.6 Å². The van der Waals surface area contributed by atoms with Gasteiger partial charge < -0.3 is 10.1 Å². The Morgan fingerprint density at radius 1 is 1.19 bits per heavy atom. The van der Waals surface area contributed by atoms with Crippen LogP contribution in [0.4, 0.5) is 11.4 Å². The molecule has 0 fully saturated rings. The number of hydrogen-bond acceptors (Lipinski definition) is 5. The highest BCUT2D eigenvalue weighted by molar-refractivity contribution is 6.34. The van der Waals surface area contributed by atoms with Crippen LogP contribution in [-0.2, 0) is 4.74 Å². The van der Waals surface area contributed by atoms with Gasteiger partial charge in [0, 0.05) is 12.1 Å². The first-order valence-electron chi connectivity index (χ1n) is 7.81. The third-order valence-electron chi connectivity index (χ3n) is 3.35. The quantitative estimate of drug-likeness (QED) is 0.460. The van der Waals surface area contributed by atoms with Crippen molar-refractivity contribution in [1.82, 2.24) is 0 Å². The lowest BCUT2D eigenvalue weighted by Crippen LogP contribution is -2.17. The summed E-state index contributed by atoms with van der Waals surface area (Å²) in [5, 5.41) is 13.3. The Morgan fingerprint density at radius 2 is 1.88 bits per heavy atom. The molecule has 1 N–H and O–H groups in total. The molecular weight excluding hydrogens is 360 g/mol. The van der Waals surface area contributed by atoms with Gasteiger partial charge >= 0.3 is 5.97 Å². The molecule has 2 rings (SSSR count). The van der Waals surface area contributed by atoms with E-state index in [-0.39, 0.29) is 40.0 Å². The van der Waals surface area contributed by atoms with Crippen molar-refractivity contribution in [2.24, 2.45) is 5.92 Å².